The third kappa shape index (κ3) is 6.89. The maximum Gasteiger partial charge on any atom is 3.00 e. The smallest absolute Gasteiger partial charge is 0.549 e. The van der Waals surface area contributed by atoms with Crippen molar-refractivity contribution in [3.63, 3.8) is 0 Å². The largest absolute Gasteiger partial charge is 3.00 e. The van der Waals surface area contributed by atoms with Gasteiger partial charge in [0.15, 0.2) is 0 Å². The van der Waals surface area contributed by atoms with Crippen molar-refractivity contribution in [2.45, 2.75) is 13.0 Å². The van der Waals surface area contributed by atoms with Crippen molar-refractivity contribution in [2.75, 3.05) is 13.1 Å². The average Bonchev–Trinajstić information content (AvgIpc) is 1.99. The molecule has 0 aliphatic carbocycles. The van der Waals surface area contributed by atoms with Gasteiger partial charge in [-0.25, -0.2) is 0 Å². The van der Waals surface area contributed by atoms with E-state index in [0.29, 0.717) is 4.90 Å². The minimum Gasteiger partial charge on any atom is -0.549 e. The summed E-state index contributed by atoms with van der Waals surface area (Å²) in [6.45, 7) is -0.493. The van der Waals surface area contributed by atoms with Crippen LogP contribution in [-0.2, 0) is 31.5 Å². The molecule has 0 spiro atoms. The molecule has 15 heavy (non-hydrogen) atoms. The fraction of sp³-hybridized carbons (Fsp3) is 0.571. The molecule has 0 saturated heterocycles. The molecule has 0 aliphatic rings. The predicted molar refractivity (Wildman–Crippen MR) is 36.1 cm³/mol. The molecule has 0 amide bonds. The summed E-state index contributed by atoms with van der Waals surface area (Å²) < 4.78 is 0. The third-order valence-corrected chi connectivity index (χ3v) is 1.55. The first-order chi connectivity index (χ1) is 6.34. The van der Waals surface area contributed by atoms with Crippen molar-refractivity contribution in [3.05, 3.63) is 0 Å². The van der Waals surface area contributed by atoms with Crippen LogP contribution < -0.4 is 15.3 Å². The van der Waals surface area contributed by atoms with E-state index in [1.54, 1.807) is 0 Å². The summed E-state index contributed by atoms with van der Waals surface area (Å²) >= 11 is 0. The summed E-state index contributed by atoms with van der Waals surface area (Å²) in [6.07, 6.45) is 0. The maximum atomic E-state index is 10.3. The van der Waals surface area contributed by atoms with Crippen LogP contribution >= 0.6 is 0 Å². The Morgan fingerprint density at radius 1 is 1.07 bits per heavy atom. The molecule has 0 rings (SSSR count). The fourth-order valence-electron chi connectivity index (χ4n) is 0.810. The van der Waals surface area contributed by atoms with Crippen LogP contribution in [0.3, 0.4) is 0 Å². The van der Waals surface area contributed by atoms with Gasteiger partial charge < -0.3 is 29.7 Å². The Bertz CT molecular complexity index is 240. The van der Waals surface area contributed by atoms with Crippen molar-refractivity contribution in [1.29, 1.82) is 0 Å². The topological polar surface area (TPSA) is 124 Å². The third-order valence-electron chi connectivity index (χ3n) is 1.55. The zero-order chi connectivity index (χ0) is 11.3. The van der Waals surface area contributed by atoms with E-state index in [9.17, 15) is 29.7 Å². The maximum absolute atomic E-state index is 10.3. The van der Waals surface area contributed by atoms with Crippen molar-refractivity contribution < 1.29 is 46.8 Å². The van der Waals surface area contributed by atoms with Crippen molar-refractivity contribution >= 4 is 17.9 Å². The van der Waals surface area contributed by atoms with Crippen molar-refractivity contribution in [1.82, 2.24) is 4.90 Å². The van der Waals surface area contributed by atoms with Gasteiger partial charge in [0, 0.05) is 19.1 Å². The van der Waals surface area contributed by atoms with Gasteiger partial charge >= 0.3 is 17.1 Å². The van der Waals surface area contributed by atoms with Crippen molar-refractivity contribution in [2.24, 2.45) is 0 Å². The number of carbonyl (C=O) groups is 3. The number of carbonyl (C=O) groups excluding carboxylic acids is 3. The molecule has 0 bridgehead atoms. The number of aliphatic carboxylic acids is 3. The first kappa shape index (κ1) is 16.3. The van der Waals surface area contributed by atoms with Gasteiger partial charge in [0.1, 0.15) is 0 Å². The molecule has 7 nitrogen and oxygen atoms in total. The SMILES string of the molecule is CC(C(=O)[O-])N(CC(=O)[O-])CC(=O)[O-].[Fe+3]. The van der Waals surface area contributed by atoms with Crippen LogP contribution in [0.4, 0.5) is 0 Å². The molecular formula is C7H8FeNO6. The van der Waals surface area contributed by atoms with Gasteiger partial charge in [-0.2, -0.15) is 0 Å². The Morgan fingerprint density at radius 3 is 1.60 bits per heavy atom. The molecule has 85 valence electrons. The van der Waals surface area contributed by atoms with Crippen LogP contribution in [0.15, 0.2) is 0 Å². The molecular weight excluding hydrogens is 250 g/mol. The van der Waals surface area contributed by atoms with E-state index in [1.165, 1.54) is 0 Å². The number of rotatable bonds is 6. The summed E-state index contributed by atoms with van der Waals surface area (Å²) in [4.78, 5) is 31.3. The van der Waals surface area contributed by atoms with Gasteiger partial charge in [0.25, 0.3) is 0 Å². The quantitative estimate of drug-likeness (QED) is 0.436. The second kappa shape index (κ2) is 7.22. The monoisotopic (exact) mass is 258 g/mol. The van der Waals surface area contributed by atoms with Gasteiger partial charge in [-0.15, -0.1) is 0 Å². The molecule has 0 saturated carbocycles. The Labute approximate surface area is 96.2 Å². The molecule has 0 aromatic carbocycles. The Morgan fingerprint density at radius 2 is 1.40 bits per heavy atom. The van der Waals surface area contributed by atoms with Crippen LogP contribution in [0.2, 0.25) is 0 Å². The fourth-order valence-corrected chi connectivity index (χ4v) is 0.810. The van der Waals surface area contributed by atoms with Gasteiger partial charge in [0.2, 0.25) is 0 Å². The predicted octanol–water partition coefficient (Wildman–Crippen LogP) is -5.08. The molecule has 0 N–H and O–H groups in total. The van der Waals surface area contributed by atoms with Crippen LogP contribution in [-0.4, -0.2) is 41.9 Å². The zero-order valence-corrected chi connectivity index (χ0v) is 8.85. The minimum absolute atomic E-state index is 0. The van der Waals surface area contributed by atoms with E-state index in [1.807, 2.05) is 0 Å². The Kier molecular flexibility index (Phi) is 7.85. The molecule has 0 aromatic heterocycles. The number of hydrogen-bond acceptors (Lipinski definition) is 7. The summed E-state index contributed by atoms with van der Waals surface area (Å²) in [5.74, 6) is -4.70. The summed E-state index contributed by atoms with van der Waals surface area (Å²) in [5.41, 5.74) is 0. The van der Waals surface area contributed by atoms with E-state index in [-0.39, 0.29) is 17.1 Å². The average molecular weight is 258 g/mol. The summed E-state index contributed by atoms with van der Waals surface area (Å²) in [5, 5.41) is 30.6. The van der Waals surface area contributed by atoms with E-state index < -0.39 is 37.0 Å². The van der Waals surface area contributed by atoms with Crippen LogP contribution in [0.1, 0.15) is 6.92 Å². The molecule has 1 radical (unpaired) electrons. The number of carboxylic acids is 3. The first-order valence-corrected chi connectivity index (χ1v) is 3.69. The normalized spacial score (nSPS) is 11.6. The second-order valence-electron chi connectivity index (χ2n) is 2.64. The van der Waals surface area contributed by atoms with E-state index in [4.69, 9.17) is 0 Å². The Balaban J connectivity index is 0. The van der Waals surface area contributed by atoms with Crippen LogP contribution in [0, 0.1) is 0 Å². The molecule has 1 unspecified atom stereocenters. The van der Waals surface area contributed by atoms with Crippen molar-refractivity contribution in [3.8, 4) is 0 Å². The van der Waals surface area contributed by atoms with Crippen LogP contribution in [0.5, 0.6) is 0 Å². The Hall–Kier alpha value is -1.11. The van der Waals surface area contributed by atoms with E-state index >= 15 is 0 Å². The van der Waals surface area contributed by atoms with E-state index in [0.717, 1.165) is 6.92 Å². The number of carboxylic acid groups (broad SMARTS) is 3. The number of nitrogens with zero attached hydrogens (tertiary/aromatic N) is 1. The first-order valence-electron chi connectivity index (χ1n) is 3.69. The van der Waals surface area contributed by atoms with E-state index in [2.05, 4.69) is 0 Å². The standard InChI is InChI=1S/C7H11NO6.Fe/c1-4(7(13)14)8(2-5(9)10)3-6(11)12;/h4H,2-3H2,1H3,(H,9,10)(H,11,12)(H,13,14);/q;+3/p-3. The molecule has 1 atom stereocenters. The zero-order valence-electron chi connectivity index (χ0n) is 7.74. The van der Waals surface area contributed by atoms with Gasteiger partial charge in [-0.3, -0.25) is 4.90 Å². The minimum atomic E-state index is -1.57. The van der Waals surface area contributed by atoms with Gasteiger partial charge in [-0.1, -0.05) is 0 Å². The van der Waals surface area contributed by atoms with Gasteiger partial charge in [0.05, 0.1) is 17.9 Å². The molecule has 0 fully saturated rings. The molecule has 0 aliphatic heterocycles. The number of hydrogen-bond donors (Lipinski definition) is 0. The molecule has 0 aromatic rings. The summed E-state index contributed by atoms with van der Waals surface area (Å²) in [7, 11) is 0. The summed E-state index contributed by atoms with van der Waals surface area (Å²) in [6, 6.07) is -1.33. The molecule has 8 heteroatoms. The second-order valence-corrected chi connectivity index (χ2v) is 2.64. The van der Waals surface area contributed by atoms with Crippen LogP contribution in [0.25, 0.3) is 0 Å². The molecule has 0 heterocycles. The van der Waals surface area contributed by atoms with Gasteiger partial charge in [-0.05, 0) is 6.92 Å².